The van der Waals surface area contributed by atoms with Crippen LogP contribution in [-0.2, 0) is 11.0 Å². The largest absolute Gasteiger partial charge is 0.416 e. The topological polar surface area (TPSA) is 85.1 Å². The molecule has 29 heavy (non-hydrogen) atoms. The first-order valence-electron chi connectivity index (χ1n) is 8.18. The summed E-state index contributed by atoms with van der Waals surface area (Å²) >= 11 is 2.24. The third-order valence-electron chi connectivity index (χ3n) is 3.71. The third-order valence-corrected chi connectivity index (χ3v) is 5.57. The summed E-state index contributed by atoms with van der Waals surface area (Å²) in [4.78, 5) is 28.4. The highest BCUT2D eigenvalue weighted by molar-refractivity contribution is 8.00. The zero-order valence-corrected chi connectivity index (χ0v) is 16.3. The van der Waals surface area contributed by atoms with Gasteiger partial charge in [-0.25, -0.2) is 4.98 Å². The lowest BCUT2D eigenvalue weighted by molar-refractivity contribution is -0.137. The van der Waals surface area contributed by atoms with E-state index < -0.39 is 23.6 Å². The summed E-state index contributed by atoms with van der Waals surface area (Å²) in [6.45, 7) is 0. The number of hydrogen-bond acceptors (Lipinski definition) is 5. The summed E-state index contributed by atoms with van der Waals surface area (Å²) in [7, 11) is 0. The van der Waals surface area contributed by atoms with E-state index in [1.807, 2.05) is 0 Å². The molecule has 0 aliphatic heterocycles. The molecule has 3 aromatic rings. The van der Waals surface area contributed by atoms with Crippen LogP contribution in [0.4, 0.5) is 18.3 Å². The minimum Gasteiger partial charge on any atom is -0.369 e. The highest BCUT2D eigenvalue weighted by atomic mass is 32.2. The van der Waals surface area contributed by atoms with Gasteiger partial charge in [0.15, 0.2) is 5.13 Å². The molecule has 0 radical (unpaired) electrons. The number of hydrogen-bond donors (Lipinski definition) is 2. The van der Waals surface area contributed by atoms with Crippen LogP contribution in [0.1, 0.15) is 15.9 Å². The number of benzene rings is 2. The van der Waals surface area contributed by atoms with E-state index in [1.54, 1.807) is 29.6 Å². The molecule has 2 amide bonds. The van der Waals surface area contributed by atoms with Gasteiger partial charge in [-0.15, -0.1) is 23.1 Å². The van der Waals surface area contributed by atoms with Crippen LogP contribution in [0, 0.1) is 0 Å². The van der Waals surface area contributed by atoms with Crippen molar-refractivity contribution in [3.63, 3.8) is 0 Å². The summed E-state index contributed by atoms with van der Waals surface area (Å²) in [5.41, 5.74) is 5.35. The van der Waals surface area contributed by atoms with Crippen molar-refractivity contribution in [3.05, 3.63) is 65.0 Å². The Morgan fingerprint density at radius 3 is 2.62 bits per heavy atom. The molecule has 2 aromatic carbocycles. The Hall–Kier alpha value is -2.85. The van der Waals surface area contributed by atoms with Crippen molar-refractivity contribution in [1.29, 1.82) is 0 Å². The summed E-state index contributed by atoms with van der Waals surface area (Å²) in [6, 6.07) is 11.5. The Kier molecular flexibility index (Phi) is 6.23. The molecule has 0 saturated heterocycles. The van der Waals surface area contributed by atoms with Crippen LogP contribution in [0.5, 0.6) is 0 Å². The average molecular weight is 437 g/mol. The molecule has 1 heterocycles. The predicted molar refractivity (Wildman–Crippen MR) is 107 cm³/mol. The first-order valence-corrected chi connectivity index (χ1v) is 10.0. The van der Waals surface area contributed by atoms with Crippen molar-refractivity contribution in [1.82, 2.24) is 4.98 Å². The Morgan fingerprint density at radius 2 is 1.90 bits per heavy atom. The van der Waals surface area contributed by atoms with Gasteiger partial charge in [0, 0.05) is 15.8 Å². The van der Waals surface area contributed by atoms with Crippen LogP contribution < -0.4 is 11.1 Å². The van der Waals surface area contributed by atoms with E-state index in [-0.39, 0.29) is 10.9 Å². The minimum absolute atomic E-state index is 0.0290. The Morgan fingerprint density at radius 1 is 1.14 bits per heavy atom. The average Bonchev–Trinajstić information content (AvgIpc) is 3.14. The maximum Gasteiger partial charge on any atom is 0.416 e. The number of halogens is 3. The van der Waals surface area contributed by atoms with Gasteiger partial charge < -0.3 is 5.73 Å². The van der Waals surface area contributed by atoms with Crippen LogP contribution in [0.15, 0.2) is 58.8 Å². The smallest absolute Gasteiger partial charge is 0.369 e. The highest BCUT2D eigenvalue weighted by Crippen LogP contribution is 2.33. The number of thioether (sulfide) groups is 1. The first-order chi connectivity index (χ1) is 13.7. The number of nitrogens with one attached hydrogen (secondary N) is 1. The number of carbonyl (C=O) groups is 2. The number of aromatic nitrogens is 1. The number of nitrogens with zero attached hydrogens (tertiary/aromatic N) is 1. The van der Waals surface area contributed by atoms with Crippen molar-refractivity contribution in [3.8, 4) is 11.3 Å². The number of primary amides is 1. The zero-order chi connectivity index (χ0) is 21.0. The van der Waals surface area contributed by atoms with Gasteiger partial charge in [0.25, 0.3) is 5.91 Å². The van der Waals surface area contributed by atoms with Gasteiger partial charge in [-0.1, -0.05) is 24.3 Å². The molecule has 0 spiro atoms. The van der Waals surface area contributed by atoms with Crippen molar-refractivity contribution >= 4 is 40.0 Å². The van der Waals surface area contributed by atoms with Crippen LogP contribution in [-0.4, -0.2) is 22.6 Å². The Bertz CT molecular complexity index is 1050. The van der Waals surface area contributed by atoms with Crippen LogP contribution in [0.3, 0.4) is 0 Å². The maximum atomic E-state index is 12.9. The fraction of sp³-hybridized carbons (Fsp3) is 0.105. The highest BCUT2D eigenvalue weighted by Gasteiger charge is 2.30. The standard InChI is InChI=1S/C19H14F3N3O2S2/c20-19(21,22)12-5-3-4-11(8-12)14-9-29-18(24-14)25-17(27)13-6-1-2-7-15(13)28-10-16(23)26/h1-9H,10H2,(H2,23,26)(H,24,25,27). The van der Waals surface area contributed by atoms with Gasteiger partial charge in [0.05, 0.1) is 22.6 Å². The van der Waals surface area contributed by atoms with Crippen molar-refractivity contribution in [2.45, 2.75) is 11.1 Å². The molecule has 0 atom stereocenters. The Labute approximate surface area is 172 Å². The molecule has 5 nitrogen and oxygen atoms in total. The van der Waals surface area contributed by atoms with Gasteiger partial charge >= 0.3 is 6.18 Å². The molecule has 0 aliphatic rings. The monoisotopic (exact) mass is 437 g/mol. The Balaban J connectivity index is 1.78. The molecule has 0 unspecified atom stereocenters. The lowest BCUT2D eigenvalue weighted by Crippen LogP contribution is -2.15. The van der Waals surface area contributed by atoms with Crippen LogP contribution in [0.2, 0.25) is 0 Å². The number of alkyl halides is 3. The fourth-order valence-electron chi connectivity index (χ4n) is 2.41. The number of thiazole rings is 1. The fourth-order valence-corrected chi connectivity index (χ4v) is 3.92. The first kappa shape index (κ1) is 20.9. The number of nitrogens with two attached hydrogens (primary N) is 1. The summed E-state index contributed by atoms with van der Waals surface area (Å²) in [6.07, 6.45) is -4.45. The number of anilines is 1. The van der Waals surface area contributed by atoms with E-state index in [0.717, 1.165) is 35.2 Å². The number of rotatable bonds is 6. The van der Waals surface area contributed by atoms with Gasteiger partial charge in [0.2, 0.25) is 5.91 Å². The number of carbonyl (C=O) groups excluding carboxylic acids is 2. The van der Waals surface area contributed by atoms with E-state index in [0.29, 0.717) is 21.7 Å². The second-order valence-electron chi connectivity index (χ2n) is 5.82. The van der Waals surface area contributed by atoms with E-state index in [1.165, 1.54) is 12.1 Å². The van der Waals surface area contributed by atoms with Gasteiger partial charge in [0.1, 0.15) is 0 Å². The molecular formula is C19H14F3N3O2S2. The van der Waals surface area contributed by atoms with Gasteiger partial charge in [-0.05, 0) is 24.3 Å². The molecule has 1 aromatic heterocycles. The van der Waals surface area contributed by atoms with Crippen LogP contribution >= 0.6 is 23.1 Å². The number of amides is 2. The van der Waals surface area contributed by atoms with Crippen LogP contribution in [0.25, 0.3) is 11.3 Å². The molecule has 0 bridgehead atoms. The summed E-state index contributed by atoms with van der Waals surface area (Å²) < 4.78 is 38.7. The molecular weight excluding hydrogens is 423 g/mol. The van der Waals surface area contributed by atoms with E-state index in [2.05, 4.69) is 10.3 Å². The lowest BCUT2D eigenvalue weighted by atomic mass is 10.1. The molecule has 0 fully saturated rings. The molecule has 3 rings (SSSR count). The van der Waals surface area contributed by atoms with E-state index in [9.17, 15) is 22.8 Å². The summed E-state index contributed by atoms with van der Waals surface area (Å²) in [5.74, 6) is -0.917. The molecule has 0 aliphatic carbocycles. The molecule has 10 heteroatoms. The molecule has 3 N–H and O–H groups in total. The van der Waals surface area contributed by atoms with Crippen molar-refractivity contribution < 1.29 is 22.8 Å². The van der Waals surface area contributed by atoms with Gasteiger partial charge in [-0.2, -0.15) is 13.2 Å². The quantitative estimate of drug-likeness (QED) is 0.550. The maximum absolute atomic E-state index is 12.9. The second kappa shape index (κ2) is 8.66. The second-order valence-corrected chi connectivity index (χ2v) is 7.70. The predicted octanol–water partition coefficient (Wildman–Crippen LogP) is 4.66. The lowest BCUT2D eigenvalue weighted by Gasteiger charge is -2.08. The van der Waals surface area contributed by atoms with Crippen molar-refractivity contribution in [2.75, 3.05) is 11.1 Å². The SMILES string of the molecule is NC(=O)CSc1ccccc1C(=O)Nc1nc(-c2cccc(C(F)(F)F)c2)cs1. The van der Waals surface area contributed by atoms with E-state index >= 15 is 0 Å². The minimum atomic E-state index is -4.45. The third kappa shape index (κ3) is 5.36. The van der Waals surface area contributed by atoms with Gasteiger partial charge in [-0.3, -0.25) is 14.9 Å². The zero-order valence-electron chi connectivity index (χ0n) is 14.7. The summed E-state index contributed by atoms with van der Waals surface area (Å²) in [5, 5.41) is 4.45. The van der Waals surface area contributed by atoms with E-state index in [4.69, 9.17) is 5.73 Å². The molecule has 0 saturated carbocycles. The normalized spacial score (nSPS) is 11.3. The molecule has 150 valence electrons. The van der Waals surface area contributed by atoms with Crippen molar-refractivity contribution in [2.24, 2.45) is 5.73 Å².